The van der Waals surface area contributed by atoms with E-state index in [1.807, 2.05) is 6.92 Å². The lowest BCUT2D eigenvalue weighted by molar-refractivity contribution is -0.135. The molecule has 0 aromatic carbocycles. The van der Waals surface area contributed by atoms with Crippen molar-refractivity contribution in [2.75, 3.05) is 24.6 Å². The predicted octanol–water partition coefficient (Wildman–Crippen LogP) is 0.952. The molecule has 0 spiro atoms. The first-order valence-electron chi connectivity index (χ1n) is 5.19. The van der Waals surface area contributed by atoms with E-state index in [0.29, 0.717) is 24.8 Å². The van der Waals surface area contributed by atoms with Crippen LogP contribution in [0.5, 0.6) is 5.88 Å². The van der Waals surface area contributed by atoms with Crippen molar-refractivity contribution in [3.8, 4) is 5.88 Å². The number of aliphatic carboxylic acids is 1. The van der Waals surface area contributed by atoms with Gasteiger partial charge in [0.05, 0.1) is 6.61 Å². The number of aromatic nitrogens is 2. The highest BCUT2D eigenvalue weighted by Gasteiger charge is 2.11. The van der Waals surface area contributed by atoms with Gasteiger partial charge in [-0.25, -0.2) is 9.97 Å². The molecule has 92 valence electrons. The molecular formula is C11H15N3O3. The van der Waals surface area contributed by atoms with Gasteiger partial charge in [0.1, 0.15) is 18.7 Å². The number of carbonyl (C=O) groups is 1. The number of hydrogen-bond acceptors (Lipinski definition) is 5. The van der Waals surface area contributed by atoms with Crippen molar-refractivity contribution in [1.82, 2.24) is 9.97 Å². The minimum Gasteiger partial charge on any atom is -0.480 e. The van der Waals surface area contributed by atoms with Gasteiger partial charge >= 0.3 is 5.97 Å². The van der Waals surface area contributed by atoms with E-state index in [9.17, 15) is 4.79 Å². The molecule has 17 heavy (non-hydrogen) atoms. The van der Waals surface area contributed by atoms with E-state index in [0.717, 1.165) is 0 Å². The highest BCUT2D eigenvalue weighted by Crippen LogP contribution is 2.15. The summed E-state index contributed by atoms with van der Waals surface area (Å²) in [6, 6.07) is 1.61. The zero-order chi connectivity index (χ0) is 12.7. The van der Waals surface area contributed by atoms with Gasteiger partial charge in [-0.2, -0.15) is 0 Å². The molecule has 0 aliphatic carbocycles. The molecule has 0 aliphatic heterocycles. The Morgan fingerprint density at radius 3 is 3.00 bits per heavy atom. The summed E-state index contributed by atoms with van der Waals surface area (Å²) < 4.78 is 5.23. The van der Waals surface area contributed by atoms with Crippen LogP contribution in [0, 0.1) is 0 Å². The van der Waals surface area contributed by atoms with Gasteiger partial charge in [-0.3, -0.25) is 4.79 Å². The quantitative estimate of drug-likeness (QED) is 0.712. The van der Waals surface area contributed by atoms with E-state index >= 15 is 0 Å². The topological polar surface area (TPSA) is 75.6 Å². The van der Waals surface area contributed by atoms with Gasteiger partial charge in [0.2, 0.25) is 5.88 Å². The highest BCUT2D eigenvalue weighted by atomic mass is 16.5. The van der Waals surface area contributed by atoms with Gasteiger partial charge in [0.25, 0.3) is 0 Å². The van der Waals surface area contributed by atoms with Crippen molar-refractivity contribution in [1.29, 1.82) is 0 Å². The van der Waals surface area contributed by atoms with Gasteiger partial charge in [-0.05, 0) is 6.92 Å². The second kappa shape index (κ2) is 6.47. The summed E-state index contributed by atoms with van der Waals surface area (Å²) in [6.45, 7) is 6.18. The molecule has 1 N–H and O–H groups in total. The Bertz CT molecular complexity index is 395. The maximum atomic E-state index is 10.7. The largest absolute Gasteiger partial charge is 0.480 e. The van der Waals surface area contributed by atoms with Crippen LogP contribution in [0.25, 0.3) is 0 Å². The van der Waals surface area contributed by atoms with Gasteiger partial charge < -0.3 is 14.7 Å². The molecule has 6 heteroatoms. The molecular weight excluding hydrogens is 222 g/mol. The van der Waals surface area contributed by atoms with Gasteiger partial charge in [-0.15, -0.1) is 6.58 Å². The zero-order valence-electron chi connectivity index (χ0n) is 9.67. The highest BCUT2D eigenvalue weighted by molar-refractivity contribution is 5.73. The number of nitrogens with zero attached hydrogens (tertiary/aromatic N) is 3. The van der Waals surface area contributed by atoms with Crippen molar-refractivity contribution in [3.63, 3.8) is 0 Å². The first-order valence-corrected chi connectivity index (χ1v) is 5.19. The average Bonchev–Trinajstić information content (AvgIpc) is 2.29. The van der Waals surface area contributed by atoms with Gasteiger partial charge in [0.15, 0.2) is 0 Å². The number of carboxylic acid groups (broad SMARTS) is 1. The molecule has 0 aliphatic rings. The summed E-state index contributed by atoms with van der Waals surface area (Å²) in [5, 5.41) is 8.79. The van der Waals surface area contributed by atoms with E-state index in [1.165, 1.54) is 6.33 Å². The van der Waals surface area contributed by atoms with Crippen molar-refractivity contribution in [2.45, 2.75) is 6.92 Å². The Labute approximate surface area is 99.6 Å². The average molecular weight is 237 g/mol. The van der Waals surface area contributed by atoms with Crippen molar-refractivity contribution in [3.05, 3.63) is 25.0 Å². The molecule has 0 unspecified atom stereocenters. The summed E-state index contributed by atoms with van der Waals surface area (Å²) in [5.41, 5.74) is 0. The van der Waals surface area contributed by atoms with Gasteiger partial charge in [0, 0.05) is 12.6 Å². The van der Waals surface area contributed by atoms with Crippen molar-refractivity contribution in [2.24, 2.45) is 0 Å². The molecule has 0 radical (unpaired) electrons. The van der Waals surface area contributed by atoms with E-state index in [2.05, 4.69) is 16.5 Å². The van der Waals surface area contributed by atoms with Gasteiger partial charge in [-0.1, -0.05) is 6.08 Å². The Morgan fingerprint density at radius 2 is 2.41 bits per heavy atom. The monoisotopic (exact) mass is 237 g/mol. The molecule has 1 rings (SSSR count). The number of ether oxygens (including phenoxy) is 1. The molecule has 1 heterocycles. The smallest absolute Gasteiger partial charge is 0.323 e. The lowest BCUT2D eigenvalue weighted by Crippen LogP contribution is -2.30. The van der Waals surface area contributed by atoms with Crippen LogP contribution in [0.3, 0.4) is 0 Å². The van der Waals surface area contributed by atoms with E-state index in [4.69, 9.17) is 9.84 Å². The third kappa shape index (κ3) is 4.10. The fourth-order valence-electron chi connectivity index (χ4n) is 1.29. The standard InChI is InChI=1S/C11H15N3O3/c1-3-5-14(7-11(15)16)9-6-10(17-4-2)13-8-12-9/h3,6,8H,1,4-5,7H2,2H3,(H,15,16). The molecule has 0 saturated carbocycles. The molecule has 1 aromatic rings. The minimum atomic E-state index is -0.927. The van der Waals surface area contributed by atoms with Crippen LogP contribution in [-0.4, -0.2) is 40.7 Å². The van der Waals surface area contributed by atoms with Crippen molar-refractivity contribution < 1.29 is 14.6 Å². The van der Waals surface area contributed by atoms with Crippen LogP contribution >= 0.6 is 0 Å². The summed E-state index contributed by atoms with van der Waals surface area (Å²) >= 11 is 0. The summed E-state index contributed by atoms with van der Waals surface area (Å²) in [4.78, 5) is 20.2. The number of rotatable bonds is 7. The summed E-state index contributed by atoms with van der Waals surface area (Å²) in [6.07, 6.45) is 2.96. The van der Waals surface area contributed by atoms with Crippen LogP contribution in [0.1, 0.15) is 6.92 Å². The maximum Gasteiger partial charge on any atom is 0.323 e. The Hall–Kier alpha value is -2.11. The number of hydrogen-bond donors (Lipinski definition) is 1. The fraction of sp³-hybridized carbons (Fsp3) is 0.364. The summed E-state index contributed by atoms with van der Waals surface area (Å²) in [5.74, 6) is 0.00567. The van der Waals surface area contributed by atoms with Crippen LogP contribution in [0.15, 0.2) is 25.0 Å². The molecule has 0 bridgehead atoms. The lowest BCUT2D eigenvalue weighted by atomic mass is 10.4. The van der Waals surface area contributed by atoms with E-state index in [-0.39, 0.29) is 6.54 Å². The fourth-order valence-corrected chi connectivity index (χ4v) is 1.29. The Morgan fingerprint density at radius 1 is 1.65 bits per heavy atom. The van der Waals surface area contributed by atoms with Crippen LogP contribution in [0.4, 0.5) is 5.82 Å². The molecule has 0 amide bonds. The number of anilines is 1. The number of carboxylic acids is 1. The lowest BCUT2D eigenvalue weighted by Gasteiger charge is -2.19. The molecule has 6 nitrogen and oxygen atoms in total. The van der Waals surface area contributed by atoms with Crippen LogP contribution < -0.4 is 9.64 Å². The van der Waals surface area contributed by atoms with Crippen molar-refractivity contribution >= 4 is 11.8 Å². The predicted molar refractivity (Wildman–Crippen MR) is 63.2 cm³/mol. The molecule has 0 atom stereocenters. The zero-order valence-corrected chi connectivity index (χ0v) is 9.67. The first-order chi connectivity index (χ1) is 8.17. The van der Waals surface area contributed by atoms with E-state index < -0.39 is 5.97 Å². The SMILES string of the molecule is C=CCN(CC(=O)O)c1cc(OCC)ncn1. The second-order valence-electron chi connectivity index (χ2n) is 3.21. The Balaban J connectivity index is 2.88. The third-order valence-corrected chi connectivity index (χ3v) is 1.92. The van der Waals surface area contributed by atoms with Crippen LogP contribution in [-0.2, 0) is 4.79 Å². The third-order valence-electron chi connectivity index (χ3n) is 1.92. The minimum absolute atomic E-state index is 0.144. The Kier molecular flexibility index (Phi) is 4.93. The summed E-state index contributed by atoms with van der Waals surface area (Å²) in [7, 11) is 0. The van der Waals surface area contributed by atoms with Crippen LogP contribution in [0.2, 0.25) is 0 Å². The second-order valence-corrected chi connectivity index (χ2v) is 3.21. The normalized spacial score (nSPS) is 9.71. The maximum absolute atomic E-state index is 10.7. The van der Waals surface area contributed by atoms with E-state index in [1.54, 1.807) is 17.0 Å². The first kappa shape index (κ1) is 13.0. The molecule has 0 fully saturated rings. The molecule has 1 aromatic heterocycles. The molecule has 0 saturated heterocycles.